The molecule has 8 nitrogen and oxygen atoms in total. The Morgan fingerprint density at radius 2 is 2.03 bits per heavy atom. The summed E-state index contributed by atoms with van der Waals surface area (Å²) in [5, 5.41) is 12.9. The van der Waals surface area contributed by atoms with Crippen LogP contribution in [0.2, 0.25) is 0 Å². The van der Waals surface area contributed by atoms with Crippen LogP contribution in [0.5, 0.6) is 0 Å². The molecule has 0 radical (unpaired) electrons. The molecule has 1 fully saturated rings. The van der Waals surface area contributed by atoms with Gasteiger partial charge in [0, 0.05) is 24.8 Å². The first-order chi connectivity index (χ1) is 16.3. The summed E-state index contributed by atoms with van der Waals surface area (Å²) in [5.41, 5.74) is 15.1. The molecule has 11 heteroatoms. The van der Waals surface area contributed by atoms with Gasteiger partial charge in [0.05, 0.1) is 29.2 Å². The summed E-state index contributed by atoms with van der Waals surface area (Å²) in [6.45, 7) is 1.03. The number of carbonyl (C=O) groups is 1. The molecule has 0 saturated carbocycles. The number of nitrogens with one attached hydrogen (secondary N) is 1. The molecule has 178 valence electrons. The average Bonchev–Trinajstić information content (AvgIpc) is 3.42. The zero-order valence-electron chi connectivity index (χ0n) is 18.2. The van der Waals surface area contributed by atoms with Gasteiger partial charge in [-0.15, -0.1) is 0 Å². The molecule has 6 N–H and O–H groups in total. The van der Waals surface area contributed by atoms with E-state index >= 15 is 0 Å². The monoisotopic (exact) mass is 486 g/mol. The van der Waals surface area contributed by atoms with Crippen LogP contribution >= 0.6 is 11.3 Å². The molecule has 34 heavy (non-hydrogen) atoms. The molecule has 1 aromatic carbocycles. The van der Waals surface area contributed by atoms with Crippen LogP contribution in [-0.2, 0) is 12.8 Å². The van der Waals surface area contributed by atoms with Gasteiger partial charge in [-0.05, 0) is 43.4 Å². The van der Waals surface area contributed by atoms with Crippen LogP contribution in [0.25, 0.3) is 10.6 Å². The average molecular weight is 487 g/mol. The van der Waals surface area contributed by atoms with E-state index in [9.17, 15) is 18.7 Å². The molecular formula is C23H24F2N6O2S. The highest BCUT2D eigenvalue weighted by atomic mass is 32.1. The zero-order valence-corrected chi connectivity index (χ0v) is 19.0. The fraction of sp³-hybridized carbons (Fsp3) is 0.348. The molecular weight excluding hydrogens is 462 g/mol. The Morgan fingerprint density at radius 3 is 2.76 bits per heavy atom. The van der Waals surface area contributed by atoms with Crippen molar-refractivity contribution in [2.45, 2.75) is 37.8 Å². The van der Waals surface area contributed by atoms with Crippen molar-refractivity contribution in [1.29, 1.82) is 0 Å². The number of benzene rings is 1. The second-order valence-electron chi connectivity index (χ2n) is 8.55. The first-order valence-electron chi connectivity index (χ1n) is 11.0. The number of thiazole rings is 1. The van der Waals surface area contributed by atoms with Gasteiger partial charge in [-0.25, -0.2) is 13.8 Å². The van der Waals surface area contributed by atoms with Crippen molar-refractivity contribution in [3.05, 3.63) is 53.0 Å². The highest BCUT2D eigenvalue weighted by Gasteiger charge is 2.31. The summed E-state index contributed by atoms with van der Waals surface area (Å²) in [5.74, 6) is -2.16. The lowest BCUT2D eigenvalue weighted by molar-refractivity contribution is 0.102. The summed E-state index contributed by atoms with van der Waals surface area (Å²) >= 11 is 0.843. The second-order valence-corrected chi connectivity index (χ2v) is 9.58. The van der Waals surface area contributed by atoms with E-state index in [0.717, 1.165) is 59.7 Å². The Kier molecular flexibility index (Phi) is 5.92. The number of piperidine rings is 1. The van der Waals surface area contributed by atoms with Crippen LogP contribution in [0.15, 0.2) is 24.4 Å². The number of aliphatic hydroxyl groups is 1. The van der Waals surface area contributed by atoms with Crippen LogP contribution in [-0.4, -0.2) is 46.2 Å². The first-order valence-corrected chi connectivity index (χ1v) is 11.9. The van der Waals surface area contributed by atoms with Crippen LogP contribution in [0.3, 0.4) is 0 Å². The number of hydrogen-bond donors (Lipinski definition) is 4. The topological polar surface area (TPSA) is 130 Å². The largest absolute Gasteiger partial charge is 0.391 e. The molecule has 2 aliphatic rings. The zero-order chi connectivity index (χ0) is 24.0. The van der Waals surface area contributed by atoms with Gasteiger partial charge in [0.15, 0.2) is 5.69 Å². The maximum atomic E-state index is 14.2. The maximum absolute atomic E-state index is 14.2. The minimum absolute atomic E-state index is 0.0125. The van der Waals surface area contributed by atoms with E-state index in [1.54, 1.807) is 6.20 Å². The van der Waals surface area contributed by atoms with Crippen LogP contribution in [0.4, 0.5) is 25.2 Å². The quantitative estimate of drug-likeness (QED) is 0.446. The fourth-order valence-electron chi connectivity index (χ4n) is 4.60. The number of amides is 1. The molecule has 1 aliphatic heterocycles. The van der Waals surface area contributed by atoms with Gasteiger partial charge < -0.3 is 26.8 Å². The number of aromatic nitrogens is 2. The van der Waals surface area contributed by atoms with Gasteiger partial charge in [0.25, 0.3) is 5.91 Å². The molecule has 1 saturated heterocycles. The van der Waals surface area contributed by atoms with Crippen molar-refractivity contribution in [3.8, 4) is 10.6 Å². The molecule has 2 atom stereocenters. The third kappa shape index (κ3) is 3.99. The Hall–Kier alpha value is -3.15. The number of nitrogens with two attached hydrogens (primary N) is 2. The Morgan fingerprint density at radius 1 is 1.26 bits per heavy atom. The number of anilines is 3. The smallest absolute Gasteiger partial charge is 0.277 e. The van der Waals surface area contributed by atoms with Crippen LogP contribution < -0.4 is 21.7 Å². The van der Waals surface area contributed by atoms with Crippen molar-refractivity contribution >= 4 is 33.6 Å². The maximum Gasteiger partial charge on any atom is 0.277 e. The summed E-state index contributed by atoms with van der Waals surface area (Å²) in [7, 11) is 0. The molecule has 2 aromatic heterocycles. The number of aryl methyl sites for hydroxylation is 1. The van der Waals surface area contributed by atoms with E-state index < -0.39 is 29.7 Å². The number of aliphatic hydroxyl groups excluding tert-OH is 1. The third-order valence-electron chi connectivity index (χ3n) is 6.31. The van der Waals surface area contributed by atoms with Crippen molar-refractivity contribution < 1.29 is 18.7 Å². The Balaban J connectivity index is 1.48. The van der Waals surface area contributed by atoms with E-state index in [2.05, 4.69) is 20.2 Å². The van der Waals surface area contributed by atoms with Gasteiger partial charge in [-0.3, -0.25) is 9.78 Å². The lowest BCUT2D eigenvalue weighted by Gasteiger charge is -2.37. The summed E-state index contributed by atoms with van der Waals surface area (Å²) < 4.78 is 28.4. The predicted octanol–water partition coefficient (Wildman–Crippen LogP) is 2.70. The number of rotatable bonds is 4. The van der Waals surface area contributed by atoms with Gasteiger partial charge in [-0.2, -0.15) is 0 Å². The molecule has 0 spiro atoms. The van der Waals surface area contributed by atoms with Crippen molar-refractivity contribution in [3.63, 3.8) is 0 Å². The Bertz CT molecular complexity index is 1250. The summed E-state index contributed by atoms with van der Waals surface area (Å²) in [6.07, 6.45) is 4.19. The van der Waals surface area contributed by atoms with Gasteiger partial charge in [0.2, 0.25) is 0 Å². The van der Waals surface area contributed by atoms with Gasteiger partial charge >= 0.3 is 0 Å². The van der Waals surface area contributed by atoms with Crippen molar-refractivity contribution in [2.75, 3.05) is 29.0 Å². The van der Waals surface area contributed by atoms with Crippen molar-refractivity contribution in [1.82, 2.24) is 9.97 Å². The number of hydrogen-bond acceptors (Lipinski definition) is 8. The van der Waals surface area contributed by atoms with E-state index in [1.165, 1.54) is 6.07 Å². The number of nitrogens with zero attached hydrogens (tertiary/aromatic N) is 3. The third-order valence-corrected chi connectivity index (χ3v) is 7.21. The van der Waals surface area contributed by atoms with Gasteiger partial charge in [-0.1, -0.05) is 17.4 Å². The number of carbonyl (C=O) groups excluding carboxylic acids is 1. The second kappa shape index (κ2) is 8.90. The number of halogens is 2. The molecule has 3 aromatic rings. The highest BCUT2D eigenvalue weighted by molar-refractivity contribution is 7.19. The normalized spacial score (nSPS) is 19.8. The summed E-state index contributed by atoms with van der Waals surface area (Å²) in [4.78, 5) is 23.9. The number of nitrogen functional groups attached to an aromatic ring is 1. The molecule has 2 unspecified atom stereocenters. The predicted molar refractivity (Wildman–Crippen MR) is 127 cm³/mol. The lowest BCUT2D eigenvalue weighted by Crippen LogP contribution is -2.51. The van der Waals surface area contributed by atoms with Crippen LogP contribution in [0, 0.1) is 11.6 Å². The van der Waals surface area contributed by atoms with Gasteiger partial charge in [0.1, 0.15) is 21.6 Å². The highest BCUT2D eigenvalue weighted by Crippen LogP contribution is 2.39. The van der Waals surface area contributed by atoms with Crippen LogP contribution in [0.1, 0.15) is 34.6 Å². The minimum atomic E-state index is -0.783. The fourth-order valence-corrected chi connectivity index (χ4v) is 5.48. The van der Waals surface area contributed by atoms with E-state index in [-0.39, 0.29) is 21.3 Å². The van der Waals surface area contributed by atoms with E-state index in [0.29, 0.717) is 25.2 Å². The lowest BCUT2D eigenvalue weighted by atomic mass is 10.0. The Labute approximate surface area is 198 Å². The number of pyridine rings is 1. The number of fused-ring (bicyclic) bond motifs is 1. The first kappa shape index (κ1) is 22.6. The molecule has 1 amide bonds. The van der Waals surface area contributed by atoms with Crippen molar-refractivity contribution in [2.24, 2.45) is 5.73 Å². The van der Waals surface area contributed by atoms with E-state index in [1.807, 2.05) is 0 Å². The molecule has 0 bridgehead atoms. The SMILES string of the molecule is Nc1sc(-c2c(F)cccc2F)nc1C(=O)Nc1cnc2c(c1N1CCC(O)C(N)C1)CCC2. The standard InChI is InChI=1S/C23H24F2N6O2S/c24-12-4-2-5-13(25)18(12)23-30-19(21(27)34-23)22(33)29-16-9-28-15-6-1-3-11(15)20(16)31-8-7-17(32)14(26)10-31/h2,4-5,9,14,17,32H,1,3,6-8,10,26-27H2,(H,29,33). The molecule has 5 rings (SSSR count). The minimum Gasteiger partial charge on any atom is -0.391 e. The van der Waals surface area contributed by atoms with E-state index in [4.69, 9.17) is 11.5 Å². The molecule has 1 aliphatic carbocycles. The molecule has 3 heterocycles. The summed E-state index contributed by atoms with van der Waals surface area (Å²) in [6, 6.07) is 3.10.